The number of carbonyl (C=O) groups is 3. The number of anilines is 1. The Balaban J connectivity index is 2.10. The molecule has 0 bridgehead atoms. The van der Waals surface area contributed by atoms with Crippen molar-refractivity contribution in [1.82, 2.24) is 5.32 Å². The van der Waals surface area contributed by atoms with Crippen LogP contribution in [0.25, 0.3) is 0 Å². The number of nitrogens with one attached hydrogen (secondary N) is 2. The van der Waals surface area contributed by atoms with Gasteiger partial charge < -0.3 is 24.8 Å². The van der Waals surface area contributed by atoms with Gasteiger partial charge in [0, 0.05) is 0 Å². The van der Waals surface area contributed by atoms with Crippen molar-refractivity contribution in [3.05, 3.63) is 58.1 Å². The molecule has 0 radical (unpaired) electrons. The number of benzene rings is 2. The standard InChI is InChI=1S/C21H24N2O6/c1-12-6-7-13(2)18(14(12)3)29-11-22-21(26)23-17-10-15(19(24)27-4)8-9-16(17)20(25)28-5/h6-10H,11H2,1-5H3,(H2,22,23,26). The van der Waals surface area contributed by atoms with Gasteiger partial charge in [0.15, 0.2) is 6.73 Å². The van der Waals surface area contributed by atoms with E-state index in [-0.39, 0.29) is 23.5 Å². The summed E-state index contributed by atoms with van der Waals surface area (Å²) in [4.78, 5) is 36.0. The van der Waals surface area contributed by atoms with Gasteiger partial charge in [-0.2, -0.15) is 0 Å². The fourth-order valence-electron chi connectivity index (χ4n) is 2.67. The highest BCUT2D eigenvalue weighted by atomic mass is 16.5. The third-order valence-corrected chi connectivity index (χ3v) is 4.42. The summed E-state index contributed by atoms with van der Waals surface area (Å²) in [7, 11) is 2.46. The maximum absolute atomic E-state index is 12.3. The Morgan fingerprint density at radius 1 is 0.897 bits per heavy atom. The van der Waals surface area contributed by atoms with E-state index in [0.717, 1.165) is 16.7 Å². The first-order chi connectivity index (χ1) is 13.8. The van der Waals surface area contributed by atoms with Crippen LogP contribution in [0.4, 0.5) is 10.5 Å². The van der Waals surface area contributed by atoms with Crippen LogP contribution in [0, 0.1) is 20.8 Å². The molecule has 2 N–H and O–H groups in total. The molecule has 0 aliphatic carbocycles. The Bertz CT molecular complexity index is 939. The topological polar surface area (TPSA) is 103 Å². The molecule has 2 aromatic rings. The van der Waals surface area contributed by atoms with Crippen molar-refractivity contribution < 1.29 is 28.6 Å². The number of amides is 2. The fraction of sp³-hybridized carbons (Fsp3) is 0.286. The Kier molecular flexibility index (Phi) is 7.19. The van der Waals surface area contributed by atoms with E-state index >= 15 is 0 Å². The summed E-state index contributed by atoms with van der Waals surface area (Å²) in [5, 5.41) is 5.09. The van der Waals surface area contributed by atoms with E-state index < -0.39 is 18.0 Å². The number of aryl methyl sites for hydroxylation is 2. The molecule has 8 heteroatoms. The maximum atomic E-state index is 12.3. The molecule has 0 aromatic heterocycles. The molecule has 8 nitrogen and oxygen atoms in total. The van der Waals surface area contributed by atoms with Gasteiger partial charge in [-0.25, -0.2) is 14.4 Å². The third kappa shape index (κ3) is 5.25. The molecule has 154 valence electrons. The third-order valence-electron chi connectivity index (χ3n) is 4.42. The van der Waals surface area contributed by atoms with E-state index in [1.54, 1.807) is 0 Å². The SMILES string of the molecule is COC(=O)c1ccc(C(=O)OC)c(NC(=O)NCOc2c(C)ccc(C)c2C)c1. The van der Waals surface area contributed by atoms with Crippen LogP contribution in [0.3, 0.4) is 0 Å². The summed E-state index contributed by atoms with van der Waals surface area (Å²) >= 11 is 0. The van der Waals surface area contributed by atoms with Gasteiger partial charge in [-0.05, 0) is 55.7 Å². The van der Waals surface area contributed by atoms with Gasteiger partial charge in [0.25, 0.3) is 0 Å². The van der Waals surface area contributed by atoms with Crippen molar-refractivity contribution in [2.45, 2.75) is 20.8 Å². The zero-order valence-corrected chi connectivity index (χ0v) is 17.0. The van der Waals surface area contributed by atoms with Crippen LogP contribution in [0.15, 0.2) is 30.3 Å². The van der Waals surface area contributed by atoms with Crippen molar-refractivity contribution in [2.24, 2.45) is 0 Å². The summed E-state index contributed by atoms with van der Waals surface area (Å²) in [5.41, 5.74) is 3.41. The molecule has 0 atom stereocenters. The largest absolute Gasteiger partial charge is 0.473 e. The van der Waals surface area contributed by atoms with Crippen LogP contribution in [0.5, 0.6) is 5.75 Å². The van der Waals surface area contributed by atoms with E-state index in [1.807, 2.05) is 32.9 Å². The number of rotatable bonds is 6. The molecule has 2 aromatic carbocycles. The van der Waals surface area contributed by atoms with Crippen molar-refractivity contribution in [2.75, 3.05) is 26.3 Å². The molecule has 2 amide bonds. The van der Waals surface area contributed by atoms with Crippen LogP contribution in [-0.2, 0) is 9.47 Å². The van der Waals surface area contributed by atoms with Crippen molar-refractivity contribution in [1.29, 1.82) is 0 Å². The predicted molar refractivity (Wildman–Crippen MR) is 107 cm³/mol. The zero-order chi connectivity index (χ0) is 21.6. The fourth-order valence-corrected chi connectivity index (χ4v) is 2.67. The Labute approximate surface area is 169 Å². The number of carbonyl (C=O) groups excluding carboxylic acids is 3. The van der Waals surface area contributed by atoms with Gasteiger partial charge in [0.05, 0.1) is 31.0 Å². The van der Waals surface area contributed by atoms with Crippen molar-refractivity contribution in [3.8, 4) is 5.75 Å². The van der Waals surface area contributed by atoms with E-state index in [4.69, 9.17) is 9.47 Å². The van der Waals surface area contributed by atoms with Crippen LogP contribution >= 0.6 is 0 Å². The minimum absolute atomic E-state index is 0.0821. The first kappa shape index (κ1) is 21.7. The molecule has 0 saturated heterocycles. The molecule has 0 aliphatic rings. The number of ether oxygens (including phenoxy) is 3. The highest BCUT2D eigenvalue weighted by Gasteiger charge is 2.17. The smallest absolute Gasteiger partial charge is 0.339 e. The summed E-state index contributed by atoms with van der Waals surface area (Å²) in [6.45, 7) is 5.76. The van der Waals surface area contributed by atoms with Crippen LogP contribution in [-0.4, -0.2) is 38.9 Å². The molecule has 0 saturated carbocycles. The summed E-state index contributed by atoms with van der Waals surface area (Å²) in [6, 6.07) is 7.46. The Morgan fingerprint density at radius 3 is 2.21 bits per heavy atom. The number of hydrogen-bond donors (Lipinski definition) is 2. The van der Waals surface area contributed by atoms with Crippen LogP contribution < -0.4 is 15.4 Å². The molecule has 29 heavy (non-hydrogen) atoms. The molecule has 0 fully saturated rings. The summed E-state index contributed by atoms with van der Waals surface area (Å²) in [6.07, 6.45) is 0. The molecular formula is C21H24N2O6. The highest BCUT2D eigenvalue weighted by molar-refractivity contribution is 6.03. The lowest BCUT2D eigenvalue weighted by atomic mass is 10.1. The van der Waals surface area contributed by atoms with Gasteiger partial charge in [0.2, 0.25) is 0 Å². The molecule has 0 unspecified atom stereocenters. The second kappa shape index (κ2) is 9.59. The Hall–Kier alpha value is -3.55. The molecule has 2 rings (SSSR count). The lowest BCUT2D eigenvalue weighted by Crippen LogP contribution is -2.33. The normalized spacial score (nSPS) is 10.1. The van der Waals surface area contributed by atoms with Crippen LogP contribution in [0.1, 0.15) is 37.4 Å². The molecular weight excluding hydrogens is 376 g/mol. The van der Waals surface area contributed by atoms with Gasteiger partial charge in [-0.1, -0.05) is 12.1 Å². The van der Waals surface area contributed by atoms with E-state index in [0.29, 0.717) is 5.75 Å². The van der Waals surface area contributed by atoms with Gasteiger partial charge in [0.1, 0.15) is 5.75 Å². The summed E-state index contributed by atoms with van der Waals surface area (Å²) < 4.78 is 15.1. The number of esters is 2. The van der Waals surface area contributed by atoms with Gasteiger partial charge in [-0.15, -0.1) is 0 Å². The second-order valence-electron chi connectivity index (χ2n) is 6.32. The van der Waals surface area contributed by atoms with E-state index in [9.17, 15) is 14.4 Å². The average molecular weight is 400 g/mol. The monoisotopic (exact) mass is 400 g/mol. The van der Waals surface area contributed by atoms with Crippen molar-refractivity contribution >= 4 is 23.7 Å². The second-order valence-corrected chi connectivity index (χ2v) is 6.32. The molecule has 0 aliphatic heterocycles. The van der Waals surface area contributed by atoms with E-state index in [1.165, 1.54) is 32.4 Å². The molecule has 0 heterocycles. The first-order valence-electron chi connectivity index (χ1n) is 8.83. The van der Waals surface area contributed by atoms with Crippen LogP contribution in [0.2, 0.25) is 0 Å². The minimum atomic E-state index is -0.654. The average Bonchev–Trinajstić information content (AvgIpc) is 2.72. The number of urea groups is 1. The molecule has 0 spiro atoms. The van der Waals surface area contributed by atoms with Gasteiger partial charge >= 0.3 is 18.0 Å². The Morgan fingerprint density at radius 2 is 1.55 bits per heavy atom. The maximum Gasteiger partial charge on any atom is 0.339 e. The minimum Gasteiger partial charge on any atom is -0.473 e. The zero-order valence-electron chi connectivity index (χ0n) is 17.0. The quantitative estimate of drug-likeness (QED) is 0.569. The van der Waals surface area contributed by atoms with Gasteiger partial charge in [-0.3, -0.25) is 0 Å². The highest BCUT2D eigenvalue weighted by Crippen LogP contribution is 2.25. The lowest BCUT2D eigenvalue weighted by molar-refractivity contribution is 0.0587. The summed E-state index contributed by atoms with van der Waals surface area (Å²) in [5.74, 6) is -0.550. The lowest BCUT2D eigenvalue weighted by Gasteiger charge is -2.15. The van der Waals surface area contributed by atoms with Crippen molar-refractivity contribution in [3.63, 3.8) is 0 Å². The van der Waals surface area contributed by atoms with E-state index in [2.05, 4.69) is 15.4 Å². The first-order valence-corrected chi connectivity index (χ1v) is 8.83. The number of methoxy groups -OCH3 is 2. The number of hydrogen-bond acceptors (Lipinski definition) is 6. The predicted octanol–water partition coefficient (Wildman–Crippen LogP) is 3.34.